The summed E-state index contributed by atoms with van der Waals surface area (Å²) in [7, 11) is 0. The quantitative estimate of drug-likeness (QED) is 0.258. The molecule has 6 heteroatoms. The van der Waals surface area contributed by atoms with E-state index in [2.05, 4.69) is 6.92 Å². The molecule has 0 bridgehead atoms. The van der Waals surface area contributed by atoms with Gasteiger partial charge in [-0.3, -0.25) is 0 Å². The number of fused-ring (bicyclic) bond motifs is 1. The molecule has 0 N–H and O–H groups in total. The van der Waals surface area contributed by atoms with Crippen LogP contribution in [0.4, 0.5) is 0 Å². The minimum atomic E-state index is -1.24. The Morgan fingerprint density at radius 2 is 1.63 bits per heavy atom. The molecule has 0 unspecified atom stereocenters. The van der Waals surface area contributed by atoms with Crippen molar-refractivity contribution in [2.45, 2.75) is 43.0 Å². The van der Waals surface area contributed by atoms with Crippen molar-refractivity contribution in [3.8, 4) is 0 Å². The number of hydrogen-bond acceptors (Lipinski definition) is 4. The van der Waals surface area contributed by atoms with Crippen LogP contribution in [0.5, 0.6) is 0 Å². The van der Waals surface area contributed by atoms with Crippen LogP contribution in [0.25, 0.3) is 0 Å². The van der Waals surface area contributed by atoms with Crippen molar-refractivity contribution in [3.05, 3.63) is 102 Å². The molecular weight excluding hydrogens is 505 g/mol. The summed E-state index contributed by atoms with van der Waals surface area (Å²) in [4.78, 5) is 30.1. The van der Waals surface area contributed by atoms with E-state index in [0.29, 0.717) is 13.0 Å². The number of carbonyl (C=O) groups excluding carboxylic acids is 2. The Morgan fingerprint density at radius 3 is 2.29 bits per heavy atom. The number of carbonyl (C=O) groups is 2. The van der Waals surface area contributed by atoms with Crippen molar-refractivity contribution in [2.75, 3.05) is 6.61 Å². The molecule has 2 saturated heterocycles. The van der Waals surface area contributed by atoms with Crippen LogP contribution in [0.1, 0.15) is 36.9 Å². The van der Waals surface area contributed by atoms with Gasteiger partial charge in [-0.25, -0.2) is 0 Å². The van der Waals surface area contributed by atoms with E-state index in [1.807, 2.05) is 95.9 Å². The molecule has 35 heavy (non-hydrogen) atoms. The molecule has 180 valence electrons. The molecule has 2 heterocycles. The predicted molar refractivity (Wildman–Crippen MR) is 135 cm³/mol. The van der Waals surface area contributed by atoms with Gasteiger partial charge in [-0.15, -0.1) is 0 Å². The molecule has 0 aromatic heterocycles. The van der Waals surface area contributed by atoms with Crippen molar-refractivity contribution in [1.82, 2.24) is 4.90 Å². The molecule has 2 aliphatic heterocycles. The molecule has 2 fully saturated rings. The molecular formula is C29H29NO4Se. The van der Waals surface area contributed by atoms with Gasteiger partial charge in [0.1, 0.15) is 0 Å². The summed E-state index contributed by atoms with van der Waals surface area (Å²) in [6.45, 7) is 2.69. The molecule has 5 nitrogen and oxygen atoms in total. The first-order valence-electron chi connectivity index (χ1n) is 12.1. The van der Waals surface area contributed by atoms with Gasteiger partial charge in [0.2, 0.25) is 0 Å². The third kappa shape index (κ3) is 4.66. The molecule has 5 rings (SSSR count). The summed E-state index contributed by atoms with van der Waals surface area (Å²) < 4.78 is 11.9. The number of benzene rings is 3. The van der Waals surface area contributed by atoms with Gasteiger partial charge in [0.25, 0.3) is 0 Å². The zero-order valence-corrected chi connectivity index (χ0v) is 21.4. The van der Waals surface area contributed by atoms with Crippen molar-refractivity contribution in [1.29, 1.82) is 0 Å². The Balaban J connectivity index is 1.52. The fourth-order valence-corrected chi connectivity index (χ4v) is 7.81. The predicted octanol–water partition coefficient (Wildman–Crippen LogP) is 4.27. The number of rotatable bonds is 7. The van der Waals surface area contributed by atoms with Crippen LogP contribution < -0.4 is 4.46 Å². The first-order chi connectivity index (χ1) is 17.1. The Labute approximate surface area is 212 Å². The molecule has 2 aliphatic rings. The molecule has 0 aliphatic carbocycles. The fraction of sp³-hybridized carbons (Fsp3) is 0.310. The van der Waals surface area contributed by atoms with Crippen LogP contribution in [0.15, 0.2) is 91.0 Å². The fourth-order valence-electron chi connectivity index (χ4n) is 5.02. The van der Waals surface area contributed by atoms with Crippen LogP contribution >= 0.6 is 0 Å². The summed E-state index contributed by atoms with van der Waals surface area (Å²) in [6, 6.07) is 29.2. The van der Waals surface area contributed by atoms with Crippen molar-refractivity contribution in [2.24, 2.45) is 5.92 Å². The molecule has 4 atom stereocenters. The number of amides is 1. The van der Waals surface area contributed by atoms with E-state index in [-0.39, 0.29) is 30.7 Å². The zero-order valence-electron chi connectivity index (χ0n) is 19.7. The molecule has 3 aromatic carbocycles. The van der Waals surface area contributed by atoms with Crippen LogP contribution in [-0.2, 0) is 25.7 Å². The zero-order chi connectivity index (χ0) is 24.3. The molecule has 3 aromatic rings. The summed E-state index contributed by atoms with van der Waals surface area (Å²) in [5.41, 5.74) is 1.93. The summed E-state index contributed by atoms with van der Waals surface area (Å²) in [6.07, 6.45) is 0.932. The molecule has 1 amide bonds. The van der Waals surface area contributed by atoms with Crippen molar-refractivity contribution < 1.29 is 19.1 Å². The Hall–Kier alpha value is -2.92. The van der Waals surface area contributed by atoms with E-state index in [1.165, 1.54) is 0 Å². The number of piperidine rings is 1. The first-order valence-corrected chi connectivity index (χ1v) is 13.8. The maximum absolute atomic E-state index is 14.4. The Morgan fingerprint density at radius 1 is 1.00 bits per heavy atom. The van der Waals surface area contributed by atoms with Gasteiger partial charge in [-0.2, -0.15) is 0 Å². The second kappa shape index (κ2) is 10.4. The monoisotopic (exact) mass is 535 g/mol. The third-order valence-electron chi connectivity index (χ3n) is 6.85. The van der Waals surface area contributed by atoms with Gasteiger partial charge in [-0.1, -0.05) is 0 Å². The molecule has 0 spiro atoms. The van der Waals surface area contributed by atoms with Gasteiger partial charge < -0.3 is 0 Å². The van der Waals surface area contributed by atoms with Gasteiger partial charge in [0.05, 0.1) is 0 Å². The molecule has 0 radical (unpaired) electrons. The van der Waals surface area contributed by atoms with Crippen molar-refractivity contribution in [3.63, 3.8) is 0 Å². The average molecular weight is 535 g/mol. The molecule has 0 saturated carbocycles. The summed E-state index contributed by atoms with van der Waals surface area (Å²) in [5, 5.41) is 0. The van der Waals surface area contributed by atoms with E-state index in [9.17, 15) is 9.59 Å². The van der Waals surface area contributed by atoms with Crippen LogP contribution in [-0.4, -0.2) is 44.6 Å². The number of esters is 1. The topological polar surface area (TPSA) is 55.8 Å². The second-order valence-electron chi connectivity index (χ2n) is 9.04. The average Bonchev–Trinajstić information content (AvgIpc) is 3.36. The SMILES string of the molecule is CC[C@H]1C[C@]([Se]c2ccccc2)(C(=O)OCc2ccccc2)C(=O)N2[C@H](c3ccccc3)CO[C@@H]12. The summed E-state index contributed by atoms with van der Waals surface area (Å²) in [5.74, 6) is -0.539. The number of nitrogens with zero attached hydrogens (tertiary/aromatic N) is 1. The number of ether oxygens (including phenoxy) is 2. The van der Waals surface area contributed by atoms with E-state index in [4.69, 9.17) is 9.47 Å². The maximum atomic E-state index is 14.4. The van der Waals surface area contributed by atoms with E-state index >= 15 is 0 Å². The van der Waals surface area contributed by atoms with Gasteiger partial charge in [0, 0.05) is 0 Å². The standard InChI is InChI=1S/C29H29NO4Se/c1-2-22-18-29(35-24-16-10-5-11-17-24,28(32)34-19-21-12-6-3-7-13-21)27(31)30-25(20-33-26(22)30)23-14-8-4-9-15-23/h3-17,22,25-26H,2,18-20H2,1H3/t22-,25-,26-,29+/m0/s1. The van der Waals surface area contributed by atoms with E-state index in [0.717, 1.165) is 22.0 Å². The summed E-state index contributed by atoms with van der Waals surface area (Å²) >= 11 is -0.443. The Bertz CT molecular complexity index is 1160. The van der Waals surface area contributed by atoms with Crippen LogP contribution in [0.2, 0.25) is 4.31 Å². The van der Waals surface area contributed by atoms with Gasteiger partial charge >= 0.3 is 213 Å². The van der Waals surface area contributed by atoms with Gasteiger partial charge in [-0.05, 0) is 0 Å². The third-order valence-corrected chi connectivity index (χ3v) is 9.72. The Kier molecular flexibility index (Phi) is 7.05. The van der Waals surface area contributed by atoms with E-state index < -0.39 is 25.2 Å². The van der Waals surface area contributed by atoms with Crippen molar-refractivity contribution >= 4 is 31.3 Å². The first kappa shape index (κ1) is 23.8. The van der Waals surface area contributed by atoms with Gasteiger partial charge in [0.15, 0.2) is 0 Å². The number of hydrogen-bond donors (Lipinski definition) is 0. The van der Waals surface area contributed by atoms with Crippen LogP contribution in [0, 0.1) is 5.92 Å². The normalized spacial score (nSPS) is 25.8. The van der Waals surface area contributed by atoms with Crippen LogP contribution in [0.3, 0.4) is 0 Å². The van der Waals surface area contributed by atoms with E-state index in [1.54, 1.807) is 0 Å². The minimum absolute atomic E-state index is 0.0521. The second-order valence-corrected chi connectivity index (χ2v) is 11.9.